The van der Waals surface area contributed by atoms with Gasteiger partial charge in [0.05, 0.1) is 27.9 Å². The number of carbonyl (C=O) groups is 1. The first-order valence-corrected chi connectivity index (χ1v) is 9.38. The van der Waals surface area contributed by atoms with Crippen molar-refractivity contribution in [3.05, 3.63) is 56.5 Å². The van der Waals surface area contributed by atoms with Crippen LogP contribution in [0.2, 0.25) is 10.0 Å². The molecule has 7 heteroatoms. The van der Waals surface area contributed by atoms with Gasteiger partial charge in [0, 0.05) is 16.1 Å². The molecule has 0 saturated heterocycles. The van der Waals surface area contributed by atoms with Crippen LogP contribution in [-0.4, -0.2) is 22.4 Å². The second kappa shape index (κ2) is 7.55. The van der Waals surface area contributed by atoms with Gasteiger partial charge in [0.25, 0.3) is 0 Å². The molecule has 2 heterocycles. The summed E-state index contributed by atoms with van der Waals surface area (Å²) in [5.74, 6) is 2.17. The number of thiophene rings is 1. The molecule has 0 aliphatic heterocycles. The number of rotatable bonds is 4. The molecule has 0 amide bonds. The van der Waals surface area contributed by atoms with E-state index < -0.39 is 5.97 Å². The van der Waals surface area contributed by atoms with Gasteiger partial charge in [0.15, 0.2) is 5.69 Å². The van der Waals surface area contributed by atoms with Crippen LogP contribution in [0.5, 0.6) is 0 Å². The number of carbonyl (C=O) groups excluding carboxylic acids is 1. The van der Waals surface area contributed by atoms with E-state index >= 15 is 0 Å². The highest BCUT2D eigenvalue weighted by Gasteiger charge is 2.25. The van der Waals surface area contributed by atoms with E-state index in [1.807, 2.05) is 18.4 Å². The van der Waals surface area contributed by atoms with E-state index in [2.05, 4.69) is 11.0 Å². The first-order chi connectivity index (χ1) is 12.5. The van der Waals surface area contributed by atoms with Crippen LogP contribution >= 0.6 is 34.5 Å². The topological polar surface area (TPSA) is 44.1 Å². The minimum absolute atomic E-state index is 0.226. The molecule has 1 aromatic carbocycles. The lowest BCUT2D eigenvalue weighted by Gasteiger charge is -2.10. The monoisotopic (exact) mass is 404 g/mol. The van der Waals surface area contributed by atoms with E-state index in [-0.39, 0.29) is 12.3 Å². The summed E-state index contributed by atoms with van der Waals surface area (Å²) in [4.78, 5) is 13.2. The van der Waals surface area contributed by atoms with Crippen LogP contribution in [0.15, 0.2) is 29.6 Å². The van der Waals surface area contributed by atoms with E-state index in [4.69, 9.17) is 34.4 Å². The number of nitrogens with zero attached hydrogens (tertiary/aromatic N) is 2. The summed E-state index contributed by atoms with van der Waals surface area (Å²) in [6, 6.07) is 6.94. The number of hydrogen-bond acceptors (Lipinski definition) is 4. The molecule has 0 fully saturated rings. The molecule has 0 saturated carbocycles. The molecule has 132 valence electrons. The van der Waals surface area contributed by atoms with Crippen LogP contribution in [0.3, 0.4) is 0 Å². The third-order valence-corrected chi connectivity index (χ3v) is 5.22. The van der Waals surface area contributed by atoms with Crippen LogP contribution in [-0.2, 0) is 4.74 Å². The number of terminal acetylenes is 1. The maximum atomic E-state index is 12.3. The van der Waals surface area contributed by atoms with Crippen molar-refractivity contribution in [1.82, 2.24) is 9.78 Å². The van der Waals surface area contributed by atoms with Crippen LogP contribution in [0.25, 0.3) is 16.3 Å². The predicted octanol–water partition coefficient (Wildman–Crippen LogP) is 5.37. The van der Waals surface area contributed by atoms with E-state index in [0.29, 0.717) is 27.0 Å². The van der Waals surface area contributed by atoms with Gasteiger partial charge in [0.1, 0.15) is 0 Å². The highest BCUT2D eigenvalue weighted by atomic mass is 35.5. The Balaban J connectivity index is 2.30. The van der Waals surface area contributed by atoms with Gasteiger partial charge in [-0.3, -0.25) is 0 Å². The second-order valence-electron chi connectivity index (χ2n) is 5.36. The Bertz CT molecular complexity index is 1030. The number of esters is 1. The lowest BCUT2D eigenvalue weighted by atomic mass is 10.1. The summed E-state index contributed by atoms with van der Waals surface area (Å²) in [7, 11) is 0. The maximum absolute atomic E-state index is 12.3. The number of benzene rings is 1. The van der Waals surface area contributed by atoms with Gasteiger partial charge in [-0.15, -0.1) is 17.8 Å². The average Bonchev–Trinajstić information content (AvgIpc) is 3.19. The van der Waals surface area contributed by atoms with Gasteiger partial charge in [-0.25, -0.2) is 9.48 Å². The van der Waals surface area contributed by atoms with Crippen molar-refractivity contribution in [3.8, 4) is 28.6 Å². The molecule has 0 spiro atoms. The number of hydrogen-bond donors (Lipinski definition) is 0. The Hall–Kier alpha value is -2.26. The van der Waals surface area contributed by atoms with Crippen molar-refractivity contribution >= 4 is 40.5 Å². The summed E-state index contributed by atoms with van der Waals surface area (Å²) in [5, 5.41) is 7.29. The lowest BCUT2D eigenvalue weighted by molar-refractivity contribution is 0.0518. The quantitative estimate of drug-likeness (QED) is 0.433. The fourth-order valence-corrected chi connectivity index (χ4v) is 4.02. The van der Waals surface area contributed by atoms with Crippen molar-refractivity contribution in [2.45, 2.75) is 13.8 Å². The average molecular weight is 405 g/mol. The molecule has 0 bridgehead atoms. The first-order valence-electron chi connectivity index (χ1n) is 7.74. The zero-order valence-electron chi connectivity index (χ0n) is 14.0. The summed E-state index contributed by atoms with van der Waals surface area (Å²) in [6.45, 7) is 3.82. The normalized spacial score (nSPS) is 10.6. The largest absolute Gasteiger partial charge is 0.461 e. The molecule has 0 aliphatic rings. The second-order valence-corrected chi connectivity index (χ2v) is 7.12. The fourth-order valence-electron chi connectivity index (χ4n) is 2.59. The van der Waals surface area contributed by atoms with Crippen LogP contribution in [0, 0.1) is 19.3 Å². The van der Waals surface area contributed by atoms with Gasteiger partial charge in [-0.05, 0) is 43.5 Å². The van der Waals surface area contributed by atoms with Gasteiger partial charge in [-0.1, -0.05) is 29.1 Å². The molecule has 0 N–H and O–H groups in total. The van der Waals surface area contributed by atoms with Crippen molar-refractivity contribution in [3.63, 3.8) is 0 Å². The van der Waals surface area contributed by atoms with Gasteiger partial charge >= 0.3 is 5.97 Å². The molecule has 0 unspecified atom stereocenters. The van der Waals surface area contributed by atoms with Crippen molar-refractivity contribution < 1.29 is 9.53 Å². The highest BCUT2D eigenvalue weighted by molar-refractivity contribution is 7.13. The molecular weight excluding hydrogens is 391 g/mol. The Morgan fingerprint density at radius 3 is 2.81 bits per heavy atom. The zero-order valence-corrected chi connectivity index (χ0v) is 16.4. The molecule has 2 aromatic heterocycles. The minimum Gasteiger partial charge on any atom is -0.461 e. The van der Waals surface area contributed by atoms with Crippen LogP contribution in [0.1, 0.15) is 28.5 Å². The SMILES string of the molecule is C#Cc1ccsc1-c1c(C)c(C(=O)OCC)nn1-c1ccc(Cl)cc1Cl. The predicted molar refractivity (Wildman–Crippen MR) is 106 cm³/mol. The molecule has 3 rings (SSSR count). The molecule has 0 atom stereocenters. The number of halogens is 2. The smallest absolute Gasteiger partial charge is 0.359 e. The number of ether oxygens (including phenoxy) is 1. The third kappa shape index (κ3) is 3.24. The lowest BCUT2D eigenvalue weighted by Crippen LogP contribution is -2.08. The molecular formula is C19H14Cl2N2O2S. The van der Waals surface area contributed by atoms with E-state index in [1.165, 1.54) is 11.3 Å². The standard InChI is InChI=1S/C19H14Cl2N2O2S/c1-4-12-8-9-26-18(12)17-11(3)16(19(24)25-5-2)22-23(17)15-7-6-13(20)10-14(15)21/h1,6-10H,5H2,2-3H3. The van der Waals surface area contributed by atoms with Gasteiger partial charge in [0.2, 0.25) is 0 Å². The fraction of sp³-hybridized carbons (Fsp3) is 0.158. The van der Waals surface area contributed by atoms with Crippen molar-refractivity contribution in [2.75, 3.05) is 6.61 Å². The highest BCUT2D eigenvalue weighted by Crippen LogP contribution is 2.37. The Morgan fingerprint density at radius 2 is 2.15 bits per heavy atom. The van der Waals surface area contributed by atoms with E-state index in [1.54, 1.807) is 29.8 Å². The van der Waals surface area contributed by atoms with Crippen molar-refractivity contribution in [2.24, 2.45) is 0 Å². The zero-order chi connectivity index (χ0) is 18.8. The summed E-state index contributed by atoms with van der Waals surface area (Å²) in [5.41, 5.74) is 2.93. The van der Waals surface area contributed by atoms with E-state index in [0.717, 1.165) is 10.4 Å². The Morgan fingerprint density at radius 1 is 1.38 bits per heavy atom. The minimum atomic E-state index is -0.492. The van der Waals surface area contributed by atoms with Crippen LogP contribution < -0.4 is 0 Å². The molecule has 3 aromatic rings. The van der Waals surface area contributed by atoms with Crippen molar-refractivity contribution in [1.29, 1.82) is 0 Å². The van der Waals surface area contributed by atoms with Gasteiger partial charge < -0.3 is 4.74 Å². The van der Waals surface area contributed by atoms with Gasteiger partial charge in [-0.2, -0.15) is 5.10 Å². The third-order valence-electron chi connectivity index (χ3n) is 3.76. The van der Waals surface area contributed by atoms with E-state index in [9.17, 15) is 4.79 Å². The number of aromatic nitrogens is 2. The maximum Gasteiger partial charge on any atom is 0.359 e. The Labute approximate surface area is 165 Å². The molecule has 0 radical (unpaired) electrons. The molecule has 26 heavy (non-hydrogen) atoms. The summed E-state index contributed by atoms with van der Waals surface area (Å²) < 4.78 is 6.75. The molecule has 4 nitrogen and oxygen atoms in total. The summed E-state index contributed by atoms with van der Waals surface area (Å²) >= 11 is 13.9. The first kappa shape index (κ1) is 18.5. The van der Waals surface area contributed by atoms with Crippen LogP contribution in [0.4, 0.5) is 0 Å². The summed E-state index contributed by atoms with van der Waals surface area (Å²) in [6.07, 6.45) is 5.63. The molecule has 0 aliphatic carbocycles. The Kier molecular flexibility index (Phi) is 5.38.